The Morgan fingerprint density at radius 2 is 1.83 bits per heavy atom. The summed E-state index contributed by atoms with van der Waals surface area (Å²) in [6.45, 7) is 2.81. The zero-order chi connectivity index (χ0) is 15.6. The molecule has 3 aliphatic heterocycles. The fourth-order valence-corrected chi connectivity index (χ4v) is 3.91. The van der Waals surface area contributed by atoms with E-state index in [2.05, 4.69) is 4.90 Å². The second kappa shape index (κ2) is 6.87. The van der Waals surface area contributed by atoms with Crippen LogP contribution in [0, 0.1) is 0 Å². The van der Waals surface area contributed by atoms with Crippen molar-refractivity contribution in [2.24, 2.45) is 0 Å². The van der Waals surface area contributed by atoms with E-state index in [-0.39, 0.29) is 30.8 Å². The second-order valence-electron chi connectivity index (χ2n) is 6.58. The monoisotopic (exact) mass is 319 g/mol. The maximum absolute atomic E-state index is 6.23. The summed E-state index contributed by atoms with van der Waals surface area (Å²) in [6.07, 6.45) is 3.00. The summed E-state index contributed by atoms with van der Waals surface area (Å²) in [5.74, 6) is 0. The van der Waals surface area contributed by atoms with E-state index in [4.69, 9.17) is 18.9 Å². The molecule has 4 rings (SSSR count). The van der Waals surface area contributed by atoms with Crippen molar-refractivity contribution in [3.05, 3.63) is 35.9 Å². The number of nitrogens with zero attached hydrogens (tertiary/aromatic N) is 1. The van der Waals surface area contributed by atoms with Crippen molar-refractivity contribution < 1.29 is 18.9 Å². The van der Waals surface area contributed by atoms with Crippen molar-refractivity contribution in [1.82, 2.24) is 4.90 Å². The number of benzene rings is 1. The van der Waals surface area contributed by atoms with E-state index in [0.717, 1.165) is 25.1 Å². The fraction of sp³-hybridized carbons (Fsp3) is 0.667. The highest BCUT2D eigenvalue weighted by atomic mass is 16.7. The molecule has 0 N–H and O–H groups in total. The van der Waals surface area contributed by atoms with Gasteiger partial charge in [0, 0.05) is 12.7 Å². The molecule has 0 spiro atoms. The van der Waals surface area contributed by atoms with E-state index in [0.29, 0.717) is 6.61 Å². The first-order chi connectivity index (χ1) is 11.3. The van der Waals surface area contributed by atoms with Crippen LogP contribution < -0.4 is 0 Å². The van der Waals surface area contributed by atoms with Crippen molar-refractivity contribution in [3.63, 3.8) is 0 Å². The summed E-state index contributed by atoms with van der Waals surface area (Å²) in [4.78, 5) is 2.49. The van der Waals surface area contributed by atoms with E-state index in [9.17, 15) is 0 Å². The van der Waals surface area contributed by atoms with E-state index in [1.54, 1.807) is 7.11 Å². The van der Waals surface area contributed by atoms with Crippen LogP contribution in [0.3, 0.4) is 0 Å². The molecule has 0 amide bonds. The van der Waals surface area contributed by atoms with Gasteiger partial charge in [-0.15, -0.1) is 0 Å². The van der Waals surface area contributed by atoms with Crippen molar-refractivity contribution in [2.45, 2.75) is 50.1 Å². The Morgan fingerprint density at radius 3 is 2.57 bits per heavy atom. The Morgan fingerprint density at radius 1 is 1.04 bits per heavy atom. The molecule has 1 aromatic carbocycles. The number of rotatable bonds is 3. The lowest BCUT2D eigenvalue weighted by molar-refractivity contribution is -0.326. The van der Waals surface area contributed by atoms with Gasteiger partial charge < -0.3 is 18.9 Å². The van der Waals surface area contributed by atoms with Gasteiger partial charge in [0.15, 0.2) is 12.6 Å². The molecule has 23 heavy (non-hydrogen) atoms. The first-order valence-corrected chi connectivity index (χ1v) is 8.59. The third kappa shape index (κ3) is 3.16. The van der Waals surface area contributed by atoms with Gasteiger partial charge in [0.2, 0.25) is 0 Å². The van der Waals surface area contributed by atoms with Gasteiger partial charge in [-0.3, -0.25) is 4.90 Å². The average molecular weight is 319 g/mol. The number of ether oxygens (including phenoxy) is 4. The predicted molar refractivity (Wildman–Crippen MR) is 84.9 cm³/mol. The van der Waals surface area contributed by atoms with Gasteiger partial charge in [-0.1, -0.05) is 30.3 Å². The van der Waals surface area contributed by atoms with E-state index >= 15 is 0 Å². The molecule has 1 unspecified atom stereocenters. The molecule has 126 valence electrons. The molecule has 3 fully saturated rings. The van der Waals surface area contributed by atoms with Crippen molar-refractivity contribution in [2.75, 3.05) is 26.8 Å². The normalized spacial score (nSPS) is 38.4. The molecule has 0 bridgehead atoms. The first kappa shape index (κ1) is 15.5. The maximum Gasteiger partial charge on any atom is 0.184 e. The molecular weight excluding hydrogens is 294 g/mol. The summed E-state index contributed by atoms with van der Waals surface area (Å²) in [5.41, 5.74) is 1.07. The molecule has 5 atom stereocenters. The molecule has 0 radical (unpaired) electrons. The largest absolute Gasteiger partial charge is 0.354 e. The molecular formula is C18H25NO4. The van der Waals surface area contributed by atoms with Crippen LogP contribution in [0.2, 0.25) is 0 Å². The van der Waals surface area contributed by atoms with Crippen LogP contribution in [0.4, 0.5) is 0 Å². The molecule has 5 nitrogen and oxygen atoms in total. The minimum atomic E-state index is -0.292. The quantitative estimate of drug-likeness (QED) is 0.855. The van der Waals surface area contributed by atoms with Crippen LogP contribution >= 0.6 is 0 Å². The summed E-state index contributed by atoms with van der Waals surface area (Å²) in [7, 11) is 1.73. The lowest BCUT2D eigenvalue weighted by Crippen LogP contribution is -2.58. The summed E-state index contributed by atoms with van der Waals surface area (Å²) < 4.78 is 23.8. The minimum absolute atomic E-state index is 0.0428. The third-order valence-electron chi connectivity index (χ3n) is 5.14. The molecule has 3 saturated heterocycles. The minimum Gasteiger partial charge on any atom is -0.354 e. The second-order valence-corrected chi connectivity index (χ2v) is 6.58. The van der Waals surface area contributed by atoms with Gasteiger partial charge in [0.25, 0.3) is 0 Å². The number of fused-ring (bicyclic) bond motifs is 1. The maximum atomic E-state index is 6.23. The summed E-state index contributed by atoms with van der Waals surface area (Å²) in [6, 6.07) is 10.4. The van der Waals surface area contributed by atoms with Crippen LogP contribution in [0.1, 0.15) is 31.1 Å². The molecule has 1 aromatic rings. The molecule has 5 heteroatoms. The lowest BCUT2D eigenvalue weighted by atomic mass is 9.98. The Hall–Kier alpha value is -0.980. The highest BCUT2D eigenvalue weighted by Crippen LogP contribution is 2.36. The van der Waals surface area contributed by atoms with Gasteiger partial charge in [-0.2, -0.15) is 0 Å². The highest BCUT2D eigenvalue weighted by Gasteiger charge is 2.45. The Bertz CT molecular complexity index is 505. The molecule has 0 aromatic heterocycles. The third-order valence-corrected chi connectivity index (χ3v) is 5.14. The van der Waals surface area contributed by atoms with Gasteiger partial charge in [0.1, 0.15) is 6.10 Å². The number of methoxy groups -OCH3 is 1. The van der Waals surface area contributed by atoms with Crippen molar-refractivity contribution in [1.29, 1.82) is 0 Å². The van der Waals surface area contributed by atoms with E-state index in [1.807, 2.05) is 30.3 Å². The Kier molecular flexibility index (Phi) is 4.64. The Balaban J connectivity index is 1.47. The van der Waals surface area contributed by atoms with Crippen LogP contribution in [-0.2, 0) is 18.9 Å². The topological polar surface area (TPSA) is 40.2 Å². The fourth-order valence-electron chi connectivity index (χ4n) is 3.91. The summed E-state index contributed by atoms with van der Waals surface area (Å²) in [5, 5.41) is 0. The lowest BCUT2D eigenvalue weighted by Gasteiger charge is -2.47. The highest BCUT2D eigenvalue weighted by molar-refractivity contribution is 5.16. The van der Waals surface area contributed by atoms with Crippen LogP contribution in [-0.4, -0.2) is 56.2 Å². The number of hydrogen-bond acceptors (Lipinski definition) is 5. The smallest absolute Gasteiger partial charge is 0.184 e. The van der Waals surface area contributed by atoms with Crippen LogP contribution in [0.5, 0.6) is 0 Å². The van der Waals surface area contributed by atoms with Gasteiger partial charge in [-0.05, 0) is 32.4 Å². The van der Waals surface area contributed by atoms with E-state index < -0.39 is 0 Å². The standard InChI is InChI=1S/C18H25NO4/c1-20-18-14(19-9-5-6-10-19)11-15-16(23-18)12-21-17(22-15)13-7-3-2-4-8-13/h2-4,7-8,14-18H,5-6,9-12H2,1H3/t14-,15+,16-,17?,18+/m1/s1. The number of likely N-dealkylation sites (tertiary alicyclic amines) is 1. The molecule has 0 aliphatic carbocycles. The zero-order valence-electron chi connectivity index (χ0n) is 13.6. The van der Waals surface area contributed by atoms with Crippen molar-refractivity contribution >= 4 is 0 Å². The number of hydrogen-bond donors (Lipinski definition) is 0. The van der Waals surface area contributed by atoms with Gasteiger partial charge >= 0.3 is 0 Å². The Labute approximate surface area is 137 Å². The first-order valence-electron chi connectivity index (χ1n) is 8.59. The zero-order valence-corrected chi connectivity index (χ0v) is 13.6. The van der Waals surface area contributed by atoms with Crippen molar-refractivity contribution in [3.8, 4) is 0 Å². The summed E-state index contributed by atoms with van der Waals surface area (Å²) >= 11 is 0. The average Bonchev–Trinajstić information content (AvgIpc) is 3.15. The van der Waals surface area contributed by atoms with Gasteiger partial charge in [-0.25, -0.2) is 0 Å². The van der Waals surface area contributed by atoms with Crippen LogP contribution in [0.25, 0.3) is 0 Å². The van der Waals surface area contributed by atoms with E-state index in [1.165, 1.54) is 12.8 Å². The van der Waals surface area contributed by atoms with Gasteiger partial charge in [0.05, 0.1) is 18.8 Å². The molecule has 0 saturated carbocycles. The SMILES string of the molecule is CO[C@H]1O[C@@H]2COC(c3ccccc3)O[C@H]2C[C@H]1N1CCCC1. The molecule has 3 aliphatic rings. The van der Waals surface area contributed by atoms with Crippen LogP contribution in [0.15, 0.2) is 30.3 Å². The predicted octanol–water partition coefficient (Wildman–Crippen LogP) is 2.33. The molecule has 3 heterocycles.